The minimum atomic E-state index is -0.324. The molecule has 0 aliphatic rings. The Balaban J connectivity index is 2.22. The van der Waals surface area contributed by atoms with Crippen LogP contribution >= 0.6 is 0 Å². The second kappa shape index (κ2) is 5.14. The first-order valence-corrected chi connectivity index (χ1v) is 6.05. The quantitative estimate of drug-likeness (QED) is 0.624. The molecule has 98 valence electrons. The number of tetrazole rings is 1. The standard InChI is InChI=1S/C14H16N4O/c1-14(2,3)18-13(15-16-17-18)12(19)10-9-11-7-5-4-6-8-11/h4-10H,1-3H3/b10-9+. The van der Waals surface area contributed by atoms with E-state index in [1.165, 1.54) is 10.8 Å². The molecule has 0 N–H and O–H groups in total. The Morgan fingerprint density at radius 2 is 1.89 bits per heavy atom. The lowest BCUT2D eigenvalue weighted by Crippen LogP contribution is -2.27. The Labute approximate surface area is 111 Å². The molecule has 0 saturated carbocycles. The van der Waals surface area contributed by atoms with Gasteiger partial charge in [0.05, 0.1) is 5.54 Å². The van der Waals surface area contributed by atoms with Crippen molar-refractivity contribution >= 4 is 11.9 Å². The van der Waals surface area contributed by atoms with Gasteiger partial charge in [0.1, 0.15) is 0 Å². The lowest BCUT2D eigenvalue weighted by molar-refractivity contribution is 0.102. The Morgan fingerprint density at radius 3 is 2.53 bits per heavy atom. The monoisotopic (exact) mass is 256 g/mol. The van der Waals surface area contributed by atoms with E-state index < -0.39 is 0 Å². The minimum Gasteiger partial charge on any atom is -0.286 e. The van der Waals surface area contributed by atoms with Gasteiger partial charge in [0.25, 0.3) is 0 Å². The first-order chi connectivity index (χ1) is 8.98. The molecule has 0 atom stereocenters. The predicted octanol–water partition coefficient (Wildman–Crippen LogP) is 2.32. The minimum absolute atomic E-state index is 0.205. The van der Waals surface area contributed by atoms with Crippen LogP contribution in [0, 0.1) is 0 Å². The maximum absolute atomic E-state index is 12.1. The van der Waals surface area contributed by atoms with Gasteiger partial charge in [-0.05, 0) is 42.8 Å². The van der Waals surface area contributed by atoms with Crippen molar-refractivity contribution < 1.29 is 4.79 Å². The summed E-state index contributed by atoms with van der Waals surface area (Å²) in [6.45, 7) is 5.84. The topological polar surface area (TPSA) is 60.7 Å². The number of ketones is 1. The summed E-state index contributed by atoms with van der Waals surface area (Å²) >= 11 is 0. The van der Waals surface area contributed by atoms with E-state index in [9.17, 15) is 4.79 Å². The second-order valence-electron chi connectivity index (χ2n) is 5.19. The molecule has 1 aromatic heterocycles. The smallest absolute Gasteiger partial charge is 0.224 e. The number of carbonyl (C=O) groups excluding carboxylic acids is 1. The van der Waals surface area contributed by atoms with Crippen molar-refractivity contribution in [2.45, 2.75) is 26.3 Å². The number of allylic oxidation sites excluding steroid dienone is 1. The third-order valence-corrected chi connectivity index (χ3v) is 2.55. The van der Waals surface area contributed by atoms with Gasteiger partial charge in [-0.1, -0.05) is 36.4 Å². The van der Waals surface area contributed by atoms with Crippen LogP contribution in [0.25, 0.3) is 6.08 Å². The maximum Gasteiger partial charge on any atom is 0.224 e. The molecule has 1 heterocycles. The zero-order valence-corrected chi connectivity index (χ0v) is 11.2. The summed E-state index contributed by atoms with van der Waals surface area (Å²) in [6.07, 6.45) is 3.24. The molecule has 2 aromatic rings. The second-order valence-corrected chi connectivity index (χ2v) is 5.19. The van der Waals surface area contributed by atoms with Gasteiger partial charge in [-0.2, -0.15) is 0 Å². The van der Waals surface area contributed by atoms with E-state index in [0.717, 1.165) is 5.56 Å². The fourth-order valence-corrected chi connectivity index (χ4v) is 1.60. The van der Waals surface area contributed by atoms with Crippen LogP contribution in [0.5, 0.6) is 0 Å². The Bertz CT molecular complexity index is 593. The van der Waals surface area contributed by atoms with Crippen molar-refractivity contribution in [2.75, 3.05) is 0 Å². The molecule has 0 amide bonds. The Hall–Kier alpha value is -2.30. The number of aromatic nitrogens is 4. The van der Waals surface area contributed by atoms with Gasteiger partial charge in [0.2, 0.25) is 11.6 Å². The van der Waals surface area contributed by atoms with Crippen LogP contribution in [0.15, 0.2) is 36.4 Å². The highest BCUT2D eigenvalue weighted by atomic mass is 16.1. The van der Waals surface area contributed by atoms with Crippen LogP contribution in [0.4, 0.5) is 0 Å². The van der Waals surface area contributed by atoms with E-state index in [1.807, 2.05) is 51.1 Å². The van der Waals surface area contributed by atoms with Crippen molar-refractivity contribution in [3.63, 3.8) is 0 Å². The summed E-state index contributed by atoms with van der Waals surface area (Å²) in [4.78, 5) is 12.1. The molecule has 0 bridgehead atoms. The first kappa shape index (κ1) is 13.1. The lowest BCUT2D eigenvalue weighted by atomic mass is 10.1. The molecule has 19 heavy (non-hydrogen) atoms. The van der Waals surface area contributed by atoms with Crippen LogP contribution in [0.2, 0.25) is 0 Å². The van der Waals surface area contributed by atoms with E-state index in [4.69, 9.17) is 0 Å². The highest BCUT2D eigenvalue weighted by Gasteiger charge is 2.22. The molecule has 0 aliphatic carbocycles. The average Bonchev–Trinajstić information content (AvgIpc) is 2.86. The largest absolute Gasteiger partial charge is 0.286 e. The molecule has 0 fully saturated rings. The fraction of sp³-hybridized carbons (Fsp3) is 0.286. The summed E-state index contributed by atoms with van der Waals surface area (Å²) in [5, 5.41) is 11.2. The first-order valence-electron chi connectivity index (χ1n) is 6.05. The Morgan fingerprint density at radius 1 is 1.21 bits per heavy atom. The van der Waals surface area contributed by atoms with Crippen molar-refractivity contribution in [3.8, 4) is 0 Å². The summed E-state index contributed by atoms with van der Waals surface area (Å²) in [6, 6.07) is 9.62. The van der Waals surface area contributed by atoms with Crippen molar-refractivity contribution in [2.24, 2.45) is 0 Å². The van der Waals surface area contributed by atoms with Gasteiger partial charge in [0, 0.05) is 0 Å². The zero-order chi connectivity index (χ0) is 13.9. The molecule has 5 heteroatoms. The lowest BCUT2D eigenvalue weighted by Gasteiger charge is -2.18. The van der Waals surface area contributed by atoms with E-state index in [0.29, 0.717) is 0 Å². The van der Waals surface area contributed by atoms with Crippen molar-refractivity contribution in [1.29, 1.82) is 0 Å². The van der Waals surface area contributed by atoms with E-state index in [2.05, 4.69) is 15.5 Å². The molecule has 1 aromatic carbocycles. The molecule has 0 radical (unpaired) electrons. The molecular formula is C14H16N4O. The normalized spacial score (nSPS) is 11.9. The zero-order valence-electron chi connectivity index (χ0n) is 11.2. The van der Waals surface area contributed by atoms with Gasteiger partial charge >= 0.3 is 0 Å². The summed E-state index contributed by atoms with van der Waals surface area (Å²) < 4.78 is 1.53. The molecular weight excluding hydrogens is 240 g/mol. The third-order valence-electron chi connectivity index (χ3n) is 2.55. The third kappa shape index (κ3) is 3.13. The molecule has 0 unspecified atom stereocenters. The van der Waals surface area contributed by atoms with Crippen molar-refractivity contribution in [1.82, 2.24) is 20.2 Å². The number of hydrogen-bond donors (Lipinski definition) is 0. The number of hydrogen-bond acceptors (Lipinski definition) is 4. The molecule has 0 spiro atoms. The predicted molar refractivity (Wildman–Crippen MR) is 72.6 cm³/mol. The van der Waals surface area contributed by atoms with Gasteiger partial charge in [-0.25, -0.2) is 4.68 Å². The molecule has 0 aliphatic heterocycles. The molecule has 2 rings (SSSR count). The van der Waals surface area contributed by atoms with Gasteiger partial charge in [-0.3, -0.25) is 4.79 Å². The van der Waals surface area contributed by atoms with Crippen LogP contribution in [0.3, 0.4) is 0 Å². The van der Waals surface area contributed by atoms with E-state index in [-0.39, 0.29) is 17.1 Å². The number of benzene rings is 1. The van der Waals surface area contributed by atoms with Gasteiger partial charge in [-0.15, -0.1) is 5.10 Å². The van der Waals surface area contributed by atoms with Crippen LogP contribution in [0.1, 0.15) is 37.0 Å². The van der Waals surface area contributed by atoms with Gasteiger partial charge < -0.3 is 0 Å². The van der Waals surface area contributed by atoms with E-state index >= 15 is 0 Å². The number of rotatable bonds is 3. The summed E-state index contributed by atoms with van der Waals surface area (Å²) in [7, 11) is 0. The summed E-state index contributed by atoms with van der Waals surface area (Å²) in [5.74, 6) is 0.0449. The highest BCUT2D eigenvalue weighted by Crippen LogP contribution is 2.14. The van der Waals surface area contributed by atoms with Crippen LogP contribution < -0.4 is 0 Å². The Kier molecular flexibility index (Phi) is 3.55. The van der Waals surface area contributed by atoms with Crippen LogP contribution in [-0.2, 0) is 5.54 Å². The average molecular weight is 256 g/mol. The van der Waals surface area contributed by atoms with Gasteiger partial charge in [0.15, 0.2) is 0 Å². The van der Waals surface area contributed by atoms with Crippen molar-refractivity contribution in [3.05, 3.63) is 47.8 Å². The molecule has 5 nitrogen and oxygen atoms in total. The number of carbonyl (C=O) groups is 1. The van der Waals surface area contributed by atoms with Crippen LogP contribution in [-0.4, -0.2) is 26.0 Å². The SMILES string of the molecule is CC(C)(C)n1nnnc1C(=O)/C=C/c1ccccc1. The van der Waals surface area contributed by atoms with E-state index in [1.54, 1.807) is 6.08 Å². The fourth-order valence-electron chi connectivity index (χ4n) is 1.60. The molecule has 0 saturated heterocycles. The summed E-state index contributed by atoms with van der Waals surface area (Å²) in [5.41, 5.74) is 0.639. The maximum atomic E-state index is 12.1. The highest BCUT2D eigenvalue weighted by molar-refractivity contribution is 6.04. The number of nitrogens with zero attached hydrogens (tertiary/aromatic N) is 4.